The maximum atomic E-state index is 12.8. The van der Waals surface area contributed by atoms with Gasteiger partial charge in [0.05, 0.1) is 0 Å². The van der Waals surface area contributed by atoms with Crippen LogP contribution in [0.25, 0.3) is 0 Å². The van der Waals surface area contributed by atoms with Crippen LogP contribution in [-0.2, 0) is 16.0 Å². The molecule has 0 radical (unpaired) electrons. The lowest BCUT2D eigenvalue weighted by Crippen LogP contribution is -2.51. The lowest BCUT2D eigenvalue weighted by atomic mass is 9.89. The molecule has 0 saturated heterocycles. The minimum atomic E-state index is -1.04. The molecule has 0 aliphatic heterocycles. The molecule has 1 aromatic heterocycles. The molecule has 0 spiro atoms. The highest BCUT2D eigenvalue weighted by atomic mass is 16.2. The maximum Gasteiger partial charge on any atom is 0.237 e. The van der Waals surface area contributed by atoms with Crippen molar-refractivity contribution < 1.29 is 9.59 Å². The summed E-state index contributed by atoms with van der Waals surface area (Å²) in [6.07, 6.45) is 11.1. The standard InChI is InChI=1S/C20H31N3O2/c1-20(2,18(24)22-17-8-6-4-5-7-9-17)19(25)23(3)15-12-16-10-13-21-14-11-16/h10-11,13-14,17H,4-9,12,15H2,1-3H3,(H,22,24). The fourth-order valence-electron chi connectivity index (χ4n) is 3.31. The van der Waals surface area contributed by atoms with E-state index in [1.807, 2.05) is 12.1 Å². The van der Waals surface area contributed by atoms with Gasteiger partial charge in [-0.15, -0.1) is 0 Å². The summed E-state index contributed by atoms with van der Waals surface area (Å²) >= 11 is 0. The molecule has 0 aromatic carbocycles. The normalized spacial score (nSPS) is 16.1. The van der Waals surface area contributed by atoms with Crippen molar-refractivity contribution in [3.8, 4) is 0 Å². The number of likely N-dealkylation sites (N-methyl/N-ethyl adjacent to an activating group) is 1. The fourth-order valence-corrected chi connectivity index (χ4v) is 3.31. The van der Waals surface area contributed by atoms with E-state index in [2.05, 4.69) is 10.3 Å². The van der Waals surface area contributed by atoms with E-state index < -0.39 is 5.41 Å². The second-order valence-electron chi connectivity index (χ2n) is 7.62. The van der Waals surface area contributed by atoms with E-state index >= 15 is 0 Å². The second kappa shape index (κ2) is 8.97. The van der Waals surface area contributed by atoms with E-state index in [4.69, 9.17) is 0 Å². The number of pyridine rings is 1. The summed E-state index contributed by atoms with van der Waals surface area (Å²) in [6, 6.07) is 4.11. The third-order valence-electron chi connectivity index (χ3n) is 5.12. The Morgan fingerprint density at radius 2 is 1.76 bits per heavy atom. The summed E-state index contributed by atoms with van der Waals surface area (Å²) in [4.78, 5) is 31.1. The Morgan fingerprint density at radius 1 is 1.16 bits per heavy atom. The van der Waals surface area contributed by atoms with Crippen LogP contribution < -0.4 is 5.32 Å². The summed E-state index contributed by atoms with van der Waals surface area (Å²) in [7, 11) is 1.77. The number of rotatable bonds is 6. The molecule has 5 heteroatoms. The van der Waals surface area contributed by atoms with Gasteiger partial charge in [-0.25, -0.2) is 0 Å². The summed E-state index contributed by atoms with van der Waals surface area (Å²) in [5, 5.41) is 3.11. The SMILES string of the molecule is CN(CCc1ccncc1)C(=O)C(C)(C)C(=O)NC1CCCCCC1. The van der Waals surface area contributed by atoms with Crippen LogP contribution in [0, 0.1) is 5.41 Å². The molecule has 1 heterocycles. The first-order valence-electron chi connectivity index (χ1n) is 9.36. The van der Waals surface area contributed by atoms with Crippen LogP contribution in [0.15, 0.2) is 24.5 Å². The van der Waals surface area contributed by atoms with Crippen LogP contribution in [0.3, 0.4) is 0 Å². The lowest BCUT2D eigenvalue weighted by molar-refractivity contribution is -0.147. The second-order valence-corrected chi connectivity index (χ2v) is 7.62. The van der Waals surface area contributed by atoms with Crippen molar-refractivity contribution in [3.05, 3.63) is 30.1 Å². The molecule has 138 valence electrons. The Hall–Kier alpha value is -1.91. The molecular weight excluding hydrogens is 314 g/mol. The van der Waals surface area contributed by atoms with Crippen molar-refractivity contribution in [2.75, 3.05) is 13.6 Å². The topological polar surface area (TPSA) is 62.3 Å². The Balaban J connectivity index is 1.89. The number of hydrogen-bond acceptors (Lipinski definition) is 3. The summed E-state index contributed by atoms with van der Waals surface area (Å²) in [6.45, 7) is 4.04. The monoisotopic (exact) mass is 345 g/mol. The number of carbonyl (C=O) groups is 2. The first-order chi connectivity index (χ1) is 11.9. The fraction of sp³-hybridized carbons (Fsp3) is 0.650. The smallest absolute Gasteiger partial charge is 0.237 e. The number of carbonyl (C=O) groups excluding carboxylic acids is 2. The summed E-state index contributed by atoms with van der Waals surface area (Å²) in [5.41, 5.74) is 0.0922. The van der Waals surface area contributed by atoms with Crippen LogP contribution in [0.1, 0.15) is 57.9 Å². The van der Waals surface area contributed by atoms with Gasteiger partial charge in [0.2, 0.25) is 11.8 Å². The van der Waals surface area contributed by atoms with Crippen LogP contribution in [0.2, 0.25) is 0 Å². The van der Waals surface area contributed by atoms with Crippen molar-refractivity contribution >= 4 is 11.8 Å². The molecule has 0 unspecified atom stereocenters. The molecule has 1 N–H and O–H groups in total. The quantitative estimate of drug-likeness (QED) is 0.637. The van der Waals surface area contributed by atoms with Crippen molar-refractivity contribution in [1.82, 2.24) is 15.2 Å². The van der Waals surface area contributed by atoms with Crippen molar-refractivity contribution in [1.29, 1.82) is 0 Å². The lowest BCUT2D eigenvalue weighted by Gasteiger charge is -2.30. The largest absolute Gasteiger partial charge is 0.352 e. The first kappa shape index (κ1) is 19.4. The minimum absolute atomic E-state index is 0.132. The highest BCUT2D eigenvalue weighted by Gasteiger charge is 2.38. The molecule has 1 saturated carbocycles. The van der Waals surface area contributed by atoms with Gasteiger partial charge in [0.25, 0.3) is 0 Å². The molecule has 0 bridgehead atoms. The number of hydrogen-bond donors (Lipinski definition) is 1. The van der Waals surface area contributed by atoms with E-state index in [1.54, 1.807) is 38.2 Å². The van der Waals surface area contributed by atoms with Gasteiger partial charge in [-0.1, -0.05) is 25.7 Å². The minimum Gasteiger partial charge on any atom is -0.352 e. The molecule has 0 atom stereocenters. The molecule has 1 aliphatic carbocycles. The third kappa shape index (κ3) is 5.55. The van der Waals surface area contributed by atoms with E-state index in [-0.39, 0.29) is 17.9 Å². The van der Waals surface area contributed by atoms with Crippen molar-refractivity contribution in [2.45, 2.75) is 64.8 Å². The number of nitrogens with zero attached hydrogens (tertiary/aromatic N) is 2. The molecule has 2 amide bonds. The van der Waals surface area contributed by atoms with Gasteiger partial charge in [-0.05, 0) is 50.8 Å². The van der Waals surface area contributed by atoms with Gasteiger partial charge >= 0.3 is 0 Å². The Morgan fingerprint density at radius 3 is 2.36 bits per heavy atom. The van der Waals surface area contributed by atoms with Crippen LogP contribution in [0.4, 0.5) is 0 Å². The Labute approximate surface area is 151 Å². The first-order valence-corrected chi connectivity index (χ1v) is 9.36. The molecule has 1 fully saturated rings. The summed E-state index contributed by atoms with van der Waals surface area (Å²) < 4.78 is 0. The zero-order valence-electron chi connectivity index (χ0n) is 15.8. The average Bonchev–Trinajstić information content (AvgIpc) is 2.88. The number of nitrogens with one attached hydrogen (secondary N) is 1. The van der Waals surface area contributed by atoms with Gasteiger partial charge < -0.3 is 10.2 Å². The molecule has 5 nitrogen and oxygen atoms in total. The Kier molecular flexibility index (Phi) is 6.97. The predicted octanol–water partition coefficient (Wildman–Crippen LogP) is 2.95. The molecule has 1 aliphatic rings. The van der Waals surface area contributed by atoms with E-state index in [0.717, 1.165) is 37.7 Å². The van der Waals surface area contributed by atoms with Crippen molar-refractivity contribution in [3.63, 3.8) is 0 Å². The van der Waals surface area contributed by atoms with Crippen LogP contribution >= 0.6 is 0 Å². The summed E-state index contributed by atoms with van der Waals surface area (Å²) in [5.74, 6) is -0.284. The van der Waals surface area contributed by atoms with Crippen LogP contribution in [0.5, 0.6) is 0 Å². The van der Waals surface area contributed by atoms with Gasteiger partial charge in [0, 0.05) is 32.0 Å². The third-order valence-corrected chi connectivity index (χ3v) is 5.12. The van der Waals surface area contributed by atoms with Gasteiger partial charge in [0.15, 0.2) is 0 Å². The average molecular weight is 345 g/mol. The highest BCUT2D eigenvalue weighted by Crippen LogP contribution is 2.22. The van der Waals surface area contributed by atoms with E-state index in [0.29, 0.717) is 6.54 Å². The number of aromatic nitrogens is 1. The highest BCUT2D eigenvalue weighted by molar-refractivity contribution is 6.04. The molecule has 1 aromatic rings. The molecular formula is C20H31N3O2. The van der Waals surface area contributed by atoms with E-state index in [1.165, 1.54) is 12.8 Å². The Bertz CT molecular complexity index is 564. The molecule has 25 heavy (non-hydrogen) atoms. The van der Waals surface area contributed by atoms with Crippen LogP contribution in [-0.4, -0.2) is 41.3 Å². The number of amides is 2. The van der Waals surface area contributed by atoms with Gasteiger partial charge in [0.1, 0.15) is 5.41 Å². The zero-order valence-corrected chi connectivity index (χ0v) is 15.8. The van der Waals surface area contributed by atoms with Gasteiger partial charge in [-0.3, -0.25) is 14.6 Å². The van der Waals surface area contributed by atoms with Crippen molar-refractivity contribution in [2.24, 2.45) is 5.41 Å². The van der Waals surface area contributed by atoms with Gasteiger partial charge in [-0.2, -0.15) is 0 Å². The molecule has 2 rings (SSSR count). The maximum absolute atomic E-state index is 12.8. The predicted molar refractivity (Wildman–Crippen MR) is 99.0 cm³/mol. The zero-order chi connectivity index (χ0) is 18.3. The van der Waals surface area contributed by atoms with E-state index in [9.17, 15) is 9.59 Å².